The number of aromatic nitrogens is 2. The molecular formula is C8H14N4S. The topological polar surface area (TPSA) is 63.8 Å². The molecule has 0 fully saturated rings. The molecule has 0 bridgehead atoms. The second kappa shape index (κ2) is 4.32. The van der Waals surface area contributed by atoms with Gasteiger partial charge in [-0.15, -0.1) is 0 Å². The molecule has 1 unspecified atom stereocenters. The molecule has 3 N–H and O–H groups in total. The first-order valence-electron chi connectivity index (χ1n) is 4.17. The monoisotopic (exact) mass is 198 g/mol. The van der Waals surface area contributed by atoms with Crippen LogP contribution in [0.15, 0.2) is 6.07 Å². The third-order valence-electron chi connectivity index (χ3n) is 1.56. The summed E-state index contributed by atoms with van der Waals surface area (Å²) in [7, 11) is 0. The van der Waals surface area contributed by atoms with Gasteiger partial charge < -0.3 is 11.1 Å². The first kappa shape index (κ1) is 10.1. The molecule has 0 aliphatic rings. The van der Waals surface area contributed by atoms with Crippen molar-refractivity contribution in [2.45, 2.75) is 25.6 Å². The van der Waals surface area contributed by atoms with E-state index >= 15 is 0 Å². The van der Waals surface area contributed by atoms with Crippen molar-refractivity contribution in [3.05, 3.63) is 11.9 Å². The quantitative estimate of drug-likeness (QED) is 0.508. The van der Waals surface area contributed by atoms with Crippen molar-refractivity contribution in [3.8, 4) is 0 Å². The molecule has 1 heterocycles. The maximum Gasteiger partial charge on any atom is 0.132 e. The van der Waals surface area contributed by atoms with Gasteiger partial charge in [0.15, 0.2) is 0 Å². The summed E-state index contributed by atoms with van der Waals surface area (Å²) in [4.78, 5) is 8.14. The Labute approximate surface area is 83.4 Å². The second-order valence-corrected chi connectivity index (χ2v) is 3.42. The Kier molecular flexibility index (Phi) is 3.36. The smallest absolute Gasteiger partial charge is 0.132 e. The molecule has 1 atom stereocenters. The van der Waals surface area contributed by atoms with Crippen LogP contribution in [-0.2, 0) is 0 Å². The number of nitrogens with one attached hydrogen (secondary N) is 1. The van der Waals surface area contributed by atoms with Gasteiger partial charge in [-0.25, -0.2) is 9.97 Å². The fourth-order valence-electron chi connectivity index (χ4n) is 0.937. The van der Waals surface area contributed by atoms with Crippen molar-refractivity contribution in [2.24, 2.45) is 0 Å². The van der Waals surface area contributed by atoms with E-state index in [1.165, 1.54) is 0 Å². The average Bonchev–Trinajstić information content (AvgIpc) is 2.02. The van der Waals surface area contributed by atoms with Crippen LogP contribution >= 0.6 is 12.6 Å². The molecule has 0 aromatic carbocycles. The molecule has 0 saturated heterocycles. The first-order valence-corrected chi connectivity index (χ1v) is 4.69. The van der Waals surface area contributed by atoms with Crippen LogP contribution < -0.4 is 11.1 Å². The van der Waals surface area contributed by atoms with E-state index in [0.29, 0.717) is 11.6 Å². The Balaban J connectivity index is 2.77. The molecule has 0 saturated carbocycles. The third kappa shape index (κ3) is 3.10. The van der Waals surface area contributed by atoms with E-state index in [4.69, 9.17) is 5.73 Å². The highest BCUT2D eigenvalue weighted by Crippen LogP contribution is 2.11. The van der Waals surface area contributed by atoms with Crippen molar-refractivity contribution < 1.29 is 0 Å². The van der Waals surface area contributed by atoms with Crippen LogP contribution in [0.3, 0.4) is 0 Å². The van der Waals surface area contributed by atoms with E-state index in [-0.39, 0.29) is 5.37 Å². The van der Waals surface area contributed by atoms with Crippen molar-refractivity contribution in [3.63, 3.8) is 0 Å². The highest BCUT2D eigenvalue weighted by Gasteiger charge is 2.02. The molecule has 1 aromatic rings. The van der Waals surface area contributed by atoms with Crippen molar-refractivity contribution in [1.29, 1.82) is 0 Å². The van der Waals surface area contributed by atoms with E-state index in [1.807, 2.05) is 6.92 Å². The number of rotatable bonds is 3. The molecule has 1 rings (SSSR count). The Morgan fingerprint density at radius 2 is 2.31 bits per heavy atom. The number of thiol groups is 1. The minimum absolute atomic E-state index is 0.105. The molecule has 13 heavy (non-hydrogen) atoms. The van der Waals surface area contributed by atoms with Crippen LogP contribution in [0.25, 0.3) is 0 Å². The van der Waals surface area contributed by atoms with Crippen LogP contribution in [0.4, 0.5) is 11.6 Å². The zero-order chi connectivity index (χ0) is 9.84. The Morgan fingerprint density at radius 3 is 2.85 bits per heavy atom. The SMILES string of the molecule is CCC(S)Nc1cc(N)nc(C)n1. The number of hydrogen-bond acceptors (Lipinski definition) is 5. The van der Waals surface area contributed by atoms with Gasteiger partial charge >= 0.3 is 0 Å². The summed E-state index contributed by atoms with van der Waals surface area (Å²) in [5.74, 6) is 1.87. The summed E-state index contributed by atoms with van der Waals surface area (Å²) >= 11 is 4.30. The number of hydrogen-bond donors (Lipinski definition) is 3. The maximum atomic E-state index is 5.56. The molecule has 1 aromatic heterocycles. The van der Waals surface area contributed by atoms with E-state index < -0.39 is 0 Å². The zero-order valence-electron chi connectivity index (χ0n) is 7.78. The fraction of sp³-hybridized carbons (Fsp3) is 0.500. The number of nitrogens with zero attached hydrogens (tertiary/aromatic N) is 2. The number of aryl methyl sites for hydroxylation is 1. The van der Waals surface area contributed by atoms with Gasteiger partial charge in [-0.2, -0.15) is 12.6 Å². The Morgan fingerprint density at radius 1 is 1.62 bits per heavy atom. The largest absolute Gasteiger partial charge is 0.384 e. The van der Waals surface area contributed by atoms with Crippen molar-refractivity contribution in [1.82, 2.24) is 9.97 Å². The summed E-state index contributed by atoms with van der Waals surface area (Å²) < 4.78 is 0. The van der Waals surface area contributed by atoms with Gasteiger partial charge in [0.05, 0.1) is 5.37 Å². The van der Waals surface area contributed by atoms with Crippen LogP contribution in [0.1, 0.15) is 19.2 Å². The van der Waals surface area contributed by atoms with Crippen molar-refractivity contribution in [2.75, 3.05) is 11.1 Å². The van der Waals surface area contributed by atoms with E-state index in [2.05, 4.69) is 27.9 Å². The predicted octanol–water partition coefficient (Wildman–Crippen LogP) is 1.45. The average molecular weight is 198 g/mol. The molecule has 4 nitrogen and oxygen atoms in total. The summed E-state index contributed by atoms with van der Waals surface area (Å²) in [6, 6.07) is 1.70. The lowest BCUT2D eigenvalue weighted by Crippen LogP contribution is -2.13. The lowest BCUT2D eigenvalue weighted by molar-refractivity contribution is 0.909. The summed E-state index contributed by atoms with van der Waals surface area (Å²) in [5.41, 5.74) is 5.56. The molecule has 0 radical (unpaired) electrons. The molecular weight excluding hydrogens is 184 g/mol. The zero-order valence-corrected chi connectivity index (χ0v) is 8.68. The van der Waals surface area contributed by atoms with E-state index in [1.54, 1.807) is 13.0 Å². The standard InChI is InChI=1S/C8H14N4S/c1-3-8(13)12-7-4-6(9)10-5(2)11-7/h4,8,13H,3H2,1-2H3,(H3,9,10,11,12). The van der Waals surface area contributed by atoms with Gasteiger partial charge in [-0.3, -0.25) is 0 Å². The molecule has 0 amide bonds. The molecule has 5 heteroatoms. The Bertz CT molecular complexity index is 269. The van der Waals surface area contributed by atoms with Gasteiger partial charge in [-0.05, 0) is 13.3 Å². The van der Waals surface area contributed by atoms with Crippen molar-refractivity contribution >= 4 is 24.3 Å². The molecule has 72 valence electrons. The number of nitrogens with two attached hydrogens (primary N) is 1. The Hall–Kier alpha value is -0.970. The molecule has 0 aliphatic carbocycles. The van der Waals surface area contributed by atoms with Gasteiger partial charge in [-0.1, -0.05) is 6.92 Å². The predicted molar refractivity (Wildman–Crippen MR) is 57.9 cm³/mol. The van der Waals surface area contributed by atoms with Crippen LogP contribution in [0.5, 0.6) is 0 Å². The lowest BCUT2D eigenvalue weighted by atomic mass is 10.4. The van der Waals surface area contributed by atoms with E-state index in [0.717, 1.165) is 12.2 Å². The van der Waals surface area contributed by atoms with Crippen LogP contribution in [0.2, 0.25) is 0 Å². The summed E-state index contributed by atoms with van der Waals surface area (Å²) in [6.45, 7) is 3.85. The number of anilines is 2. The van der Waals surface area contributed by atoms with E-state index in [9.17, 15) is 0 Å². The summed E-state index contributed by atoms with van der Waals surface area (Å²) in [5, 5.41) is 3.21. The minimum atomic E-state index is 0.105. The van der Waals surface area contributed by atoms with Gasteiger partial charge in [0, 0.05) is 6.07 Å². The highest BCUT2D eigenvalue weighted by atomic mass is 32.1. The second-order valence-electron chi connectivity index (χ2n) is 2.79. The van der Waals surface area contributed by atoms with Gasteiger partial charge in [0.1, 0.15) is 17.5 Å². The fourth-order valence-corrected chi connectivity index (χ4v) is 1.07. The highest BCUT2D eigenvalue weighted by molar-refractivity contribution is 7.81. The van der Waals surface area contributed by atoms with Crippen LogP contribution in [-0.4, -0.2) is 15.3 Å². The third-order valence-corrected chi connectivity index (χ3v) is 2.05. The summed E-state index contributed by atoms with van der Waals surface area (Å²) in [6.07, 6.45) is 0.923. The molecule has 0 aliphatic heterocycles. The van der Waals surface area contributed by atoms with Gasteiger partial charge in [0.2, 0.25) is 0 Å². The normalized spacial score (nSPS) is 12.5. The van der Waals surface area contributed by atoms with Gasteiger partial charge in [0.25, 0.3) is 0 Å². The van der Waals surface area contributed by atoms with Crippen LogP contribution in [0, 0.1) is 6.92 Å². The minimum Gasteiger partial charge on any atom is -0.384 e. The number of nitrogen functional groups attached to an aromatic ring is 1. The first-order chi connectivity index (χ1) is 6.11. The molecule has 0 spiro atoms. The maximum absolute atomic E-state index is 5.56. The lowest BCUT2D eigenvalue weighted by Gasteiger charge is -2.11.